The lowest BCUT2D eigenvalue weighted by Crippen LogP contribution is -2.52. The van der Waals surface area contributed by atoms with Crippen molar-refractivity contribution in [2.45, 2.75) is 64.5 Å². The standard InChI is InChI=1S/C35H40N6O6/c1-35(2,3)46-33(44)38-20-23-8-12-26(13-9-23)32(43)41(28-16-14-25(15-17-28)31-39-34(45)47-40-31)29(30(36)42)19-22-6-10-24(11-7-22)27-5-4-18-37-21-27/h4-7,10-11,14-18,21,23,26,29H,8-9,12-13,19-20H2,1-3H3,(H2,36,42)(H,38,44)(H,39,40,45)/t23?,26?,29-/m0/s1. The molecule has 2 heterocycles. The van der Waals surface area contributed by atoms with Crippen molar-refractivity contribution < 1.29 is 23.6 Å². The number of rotatable bonds is 10. The predicted molar refractivity (Wildman–Crippen MR) is 176 cm³/mol. The van der Waals surface area contributed by atoms with Crippen molar-refractivity contribution in [2.75, 3.05) is 11.4 Å². The van der Waals surface area contributed by atoms with Gasteiger partial charge in [0.1, 0.15) is 11.6 Å². The zero-order valence-corrected chi connectivity index (χ0v) is 26.8. The van der Waals surface area contributed by atoms with Gasteiger partial charge < -0.3 is 15.8 Å². The molecular formula is C35H40N6O6. The minimum atomic E-state index is -0.962. The molecule has 1 aliphatic rings. The van der Waals surface area contributed by atoms with Crippen LogP contribution in [0.2, 0.25) is 0 Å². The van der Waals surface area contributed by atoms with Crippen LogP contribution in [0.15, 0.2) is 82.4 Å². The van der Waals surface area contributed by atoms with Crippen LogP contribution < -0.4 is 21.7 Å². The van der Waals surface area contributed by atoms with E-state index >= 15 is 0 Å². The van der Waals surface area contributed by atoms with Crippen molar-refractivity contribution in [1.82, 2.24) is 20.4 Å². The molecule has 0 radical (unpaired) electrons. The van der Waals surface area contributed by atoms with Gasteiger partial charge in [-0.25, -0.2) is 9.59 Å². The van der Waals surface area contributed by atoms with Gasteiger partial charge in [-0.1, -0.05) is 35.5 Å². The SMILES string of the molecule is CC(C)(C)OC(=O)NCC1CCC(C(=O)N(c2ccc(-c3noc(=O)[nH]3)cc2)[C@@H](Cc2ccc(-c3cccnc3)cc2)C(N)=O)CC1. The van der Waals surface area contributed by atoms with Crippen molar-refractivity contribution in [3.05, 3.63) is 89.2 Å². The van der Waals surface area contributed by atoms with Gasteiger partial charge in [-0.15, -0.1) is 0 Å². The molecule has 0 bridgehead atoms. The van der Waals surface area contributed by atoms with Crippen LogP contribution in [0.1, 0.15) is 52.0 Å². The monoisotopic (exact) mass is 640 g/mol. The number of pyridine rings is 1. The van der Waals surface area contributed by atoms with Gasteiger partial charge in [0.25, 0.3) is 0 Å². The third-order valence-corrected chi connectivity index (χ3v) is 8.24. The number of amides is 3. The number of hydrogen-bond donors (Lipinski definition) is 3. The van der Waals surface area contributed by atoms with Crippen molar-refractivity contribution >= 4 is 23.6 Å². The Hall–Kier alpha value is -5.26. The number of anilines is 1. The van der Waals surface area contributed by atoms with Gasteiger partial charge in [-0.05, 0) is 99.4 Å². The maximum absolute atomic E-state index is 14.3. The maximum atomic E-state index is 14.3. The van der Waals surface area contributed by atoms with E-state index in [-0.39, 0.29) is 30.0 Å². The lowest BCUT2D eigenvalue weighted by molar-refractivity contribution is -0.127. The van der Waals surface area contributed by atoms with E-state index in [4.69, 9.17) is 10.5 Å². The number of nitrogens with one attached hydrogen (secondary N) is 2. The first-order valence-corrected chi connectivity index (χ1v) is 15.7. The second-order valence-electron chi connectivity index (χ2n) is 12.9. The minimum absolute atomic E-state index is 0.193. The molecule has 246 valence electrons. The zero-order valence-electron chi connectivity index (χ0n) is 26.8. The molecule has 1 atom stereocenters. The summed E-state index contributed by atoms with van der Waals surface area (Å²) in [5.74, 6) is -1.39. The number of carbonyl (C=O) groups is 3. The van der Waals surface area contributed by atoms with Gasteiger partial charge in [0.05, 0.1) is 0 Å². The smallest absolute Gasteiger partial charge is 0.439 e. The molecule has 1 fully saturated rings. The molecular weight excluding hydrogens is 600 g/mol. The van der Waals surface area contributed by atoms with Crippen LogP contribution in [0.5, 0.6) is 0 Å². The summed E-state index contributed by atoms with van der Waals surface area (Å²) >= 11 is 0. The molecule has 0 saturated heterocycles. The Kier molecular flexibility index (Phi) is 10.2. The topological polar surface area (TPSA) is 174 Å². The second kappa shape index (κ2) is 14.4. The summed E-state index contributed by atoms with van der Waals surface area (Å²) in [6.07, 6.45) is 5.90. The van der Waals surface area contributed by atoms with Crippen LogP contribution >= 0.6 is 0 Å². The fraction of sp³-hybridized carbons (Fsp3) is 0.371. The van der Waals surface area contributed by atoms with E-state index in [0.29, 0.717) is 30.6 Å². The molecule has 2 aromatic carbocycles. The third kappa shape index (κ3) is 8.72. The number of nitrogens with zero attached hydrogens (tertiary/aromatic N) is 3. The quantitative estimate of drug-likeness (QED) is 0.221. The zero-order chi connectivity index (χ0) is 33.6. The summed E-state index contributed by atoms with van der Waals surface area (Å²) in [5.41, 5.74) is 9.28. The van der Waals surface area contributed by atoms with Crippen molar-refractivity contribution in [3.8, 4) is 22.5 Å². The third-order valence-electron chi connectivity index (χ3n) is 8.24. The summed E-state index contributed by atoms with van der Waals surface area (Å²) < 4.78 is 9.98. The number of alkyl carbamates (subject to hydrolysis) is 1. The lowest BCUT2D eigenvalue weighted by Gasteiger charge is -2.36. The van der Waals surface area contributed by atoms with Crippen LogP contribution in [-0.2, 0) is 20.7 Å². The Morgan fingerprint density at radius 2 is 1.68 bits per heavy atom. The average molecular weight is 641 g/mol. The molecule has 0 aliphatic heterocycles. The van der Waals surface area contributed by atoms with E-state index in [1.807, 2.05) is 57.2 Å². The fourth-order valence-corrected chi connectivity index (χ4v) is 5.86. The Labute approximate surface area is 272 Å². The number of nitrogens with two attached hydrogens (primary N) is 1. The first kappa shape index (κ1) is 33.1. The van der Waals surface area contributed by atoms with Gasteiger partial charge in [0, 0.05) is 42.5 Å². The number of benzene rings is 2. The molecule has 0 spiro atoms. The van der Waals surface area contributed by atoms with Crippen LogP contribution in [0.4, 0.5) is 10.5 Å². The Morgan fingerprint density at radius 3 is 2.26 bits per heavy atom. The van der Waals surface area contributed by atoms with Crippen molar-refractivity contribution in [1.29, 1.82) is 0 Å². The van der Waals surface area contributed by atoms with Gasteiger partial charge in [0.2, 0.25) is 11.8 Å². The summed E-state index contributed by atoms with van der Waals surface area (Å²) in [6, 6.07) is 17.4. The average Bonchev–Trinajstić information content (AvgIpc) is 3.50. The van der Waals surface area contributed by atoms with Gasteiger partial charge >= 0.3 is 11.8 Å². The molecule has 4 aromatic rings. The van der Waals surface area contributed by atoms with Crippen LogP contribution in [0.25, 0.3) is 22.5 Å². The van der Waals surface area contributed by atoms with Crippen molar-refractivity contribution in [2.24, 2.45) is 17.6 Å². The number of primary amides is 1. The van der Waals surface area contributed by atoms with Crippen LogP contribution in [0, 0.1) is 11.8 Å². The summed E-state index contributed by atoms with van der Waals surface area (Å²) in [6.45, 7) is 5.90. The molecule has 4 N–H and O–H groups in total. The molecule has 1 aliphatic carbocycles. The number of H-pyrrole nitrogens is 1. The van der Waals surface area contributed by atoms with Gasteiger partial charge in [-0.2, -0.15) is 0 Å². The predicted octanol–water partition coefficient (Wildman–Crippen LogP) is 4.85. The van der Waals surface area contributed by atoms with Gasteiger partial charge in [-0.3, -0.25) is 29.0 Å². The van der Waals surface area contributed by atoms with E-state index < -0.39 is 29.4 Å². The molecule has 5 rings (SSSR count). The summed E-state index contributed by atoms with van der Waals surface area (Å²) in [7, 11) is 0. The number of aromatic amines is 1. The molecule has 12 nitrogen and oxygen atoms in total. The van der Waals surface area contributed by atoms with E-state index in [2.05, 4.69) is 25.0 Å². The first-order chi connectivity index (χ1) is 22.5. The van der Waals surface area contributed by atoms with E-state index in [1.165, 1.54) is 4.90 Å². The normalized spacial score (nSPS) is 17.0. The van der Waals surface area contributed by atoms with Crippen LogP contribution in [-0.4, -0.2) is 51.2 Å². The highest BCUT2D eigenvalue weighted by molar-refractivity contribution is 6.01. The molecule has 2 aromatic heterocycles. The second-order valence-corrected chi connectivity index (χ2v) is 12.9. The lowest BCUT2D eigenvalue weighted by atomic mass is 9.81. The Bertz CT molecular complexity index is 1720. The largest absolute Gasteiger partial charge is 0.444 e. The van der Waals surface area contributed by atoms with Gasteiger partial charge in [0.15, 0.2) is 5.82 Å². The highest BCUT2D eigenvalue weighted by Crippen LogP contribution is 2.33. The molecule has 12 heteroatoms. The van der Waals surface area contributed by atoms with E-state index in [9.17, 15) is 19.2 Å². The first-order valence-electron chi connectivity index (χ1n) is 15.7. The number of carbonyl (C=O) groups excluding carboxylic acids is 3. The molecule has 1 saturated carbocycles. The maximum Gasteiger partial charge on any atom is 0.439 e. The fourth-order valence-electron chi connectivity index (χ4n) is 5.86. The summed E-state index contributed by atoms with van der Waals surface area (Å²) in [4.78, 5) is 59.2. The van der Waals surface area contributed by atoms with Crippen LogP contribution in [0.3, 0.4) is 0 Å². The minimum Gasteiger partial charge on any atom is -0.444 e. The molecule has 3 amide bonds. The number of ether oxygens (including phenoxy) is 1. The Balaban J connectivity index is 1.35. The highest BCUT2D eigenvalue weighted by atomic mass is 16.6. The van der Waals surface area contributed by atoms with Crippen molar-refractivity contribution in [3.63, 3.8) is 0 Å². The molecule has 0 unspecified atom stereocenters. The van der Waals surface area contributed by atoms with E-state index in [1.54, 1.807) is 36.7 Å². The number of aromatic nitrogens is 3. The molecule has 47 heavy (non-hydrogen) atoms. The van der Waals surface area contributed by atoms with E-state index in [0.717, 1.165) is 29.5 Å². The Morgan fingerprint density at radius 1 is 1.00 bits per heavy atom. The summed E-state index contributed by atoms with van der Waals surface area (Å²) in [5, 5.41) is 6.57. The number of hydrogen-bond acceptors (Lipinski definition) is 8. The highest BCUT2D eigenvalue weighted by Gasteiger charge is 2.36.